The number of anilines is 1. The molecule has 3 rings (SSSR count). The molecule has 2 heterocycles. The quantitative estimate of drug-likeness (QED) is 0.913. The van der Waals surface area contributed by atoms with Crippen molar-refractivity contribution in [3.05, 3.63) is 41.8 Å². The standard InChI is InChI=1S/C14H16N2O3S2/c17-21(18,14-6-3-11-20-14)15-7-8-16-9-10-19-13-5-2-1-4-12(13)16/h1-6,11,15H,7-10H2. The van der Waals surface area contributed by atoms with E-state index in [9.17, 15) is 8.42 Å². The van der Waals surface area contributed by atoms with Crippen LogP contribution < -0.4 is 14.4 Å². The summed E-state index contributed by atoms with van der Waals surface area (Å²) in [7, 11) is -3.38. The molecule has 0 unspecified atom stereocenters. The Kier molecular flexibility index (Phi) is 4.14. The molecule has 1 N–H and O–H groups in total. The molecule has 0 atom stereocenters. The van der Waals surface area contributed by atoms with Gasteiger partial charge in [0.05, 0.1) is 12.2 Å². The van der Waals surface area contributed by atoms with Gasteiger partial charge in [-0.25, -0.2) is 13.1 Å². The number of benzene rings is 1. The Morgan fingerprint density at radius 3 is 2.90 bits per heavy atom. The summed E-state index contributed by atoms with van der Waals surface area (Å²) in [5.74, 6) is 0.852. The van der Waals surface area contributed by atoms with Crippen LogP contribution in [0.1, 0.15) is 0 Å². The first-order chi connectivity index (χ1) is 10.2. The van der Waals surface area contributed by atoms with Crippen LogP contribution in [-0.2, 0) is 10.0 Å². The van der Waals surface area contributed by atoms with Crippen LogP contribution in [0.2, 0.25) is 0 Å². The van der Waals surface area contributed by atoms with E-state index in [2.05, 4.69) is 9.62 Å². The Balaban J connectivity index is 1.62. The first-order valence-electron chi connectivity index (χ1n) is 6.67. The lowest BCUT2D eigenvalue weighted by atomic mass is 10.2. The van der Waals surface area contributed by atoms with Crippen LogP contribution >= 0.6 is 11.3 Å². The first-order valence-corrected chi connectivity index (χ1v) is 9.03. The van der Waals surface area contributed by atoms with Crippen molar-refractivity contribution in [2.75, 3.05) is 31.1 Å². The monoisotopic (exact) mass is 324 g/mol. The highest BCUT2D eigenvalue weighted by Crippen LogP contribution is 2.30. The molecule has 7 heteroatoms. The molecule has 0 radical (unpaired) electrons. The van der Waals surface area contributed by atoms with E-state index in [0.717, 1.165) is 18.0 Å². The summed E-state index contributed by atoms with van der Waals surface area (Å²) in [4.78, 5) is 2.13. The molecule has 21 heavy (non-hydrogen) atoms. The summed E-state index contributed by atoms with van der Waals surface area (Å²) in [6.45, 7) is 2.37. The second kappa shape index (κ2) is 6.05. The van der Waals surface area contributed by atoms with Crippen LogP contribution in [0.4, 0.5) is 5.69 Å². The number of para-hydroxylation sites is 2. The second-order valence-electron chi connectivity index (χ2n) is 4.63. The highest BCUT2D eigenvalue weighted by atomic mass is 32.2. The van der Waals surface area contributed by atoms with Crippen molar-refractivity contribution in [1.82, 2.24) is 4.72 Å². The number of fused-ring (bicyclic) bond motifs is 1. The van der Waals surface area contributed by atoms with E-state index >= 15 is 0 Å². The molecule has 0 bridgehead atoms. The molecule has 112 valence electrons. The number of nitrogens with zero attached hydrogens (tertiary/aromatic N) is 1. The van der Waals surface area contributed by atoms with Gasteiger partial charge in [-0.3, -0.25) is 0 Å². The van der Waals surface area contributed by atoms with Crippen LogP contribution in [0.25, 0.3) is 0 Å². The van der Waals surface area contributed by atoms with Crippen LogP contribution in [0.5, 0.6) is 5.75 Å². The fourth-order valence-corrected chi connectivity index (χ4v) is 4.32. The normalized spacial score (nSPS) is 14.6. The van der Waals surface area contributed by atoms with E-state index in [-0.39, 0.29) is 0 Å². The van der Waals surface area contributed by atoms with Gasteiger partial charge in [0.1, 0.15) is 16.6 Å². The Hall–Kier alpha value is -1.57. The maximum absolute atomic E-state index is 12.0. The van der Waals surface area contributed by atoms with E-state index in [0.29, 0.717) is 23.9 Å². The highest BCUT2D eigenvalue weighted by Gasteiger charge is 2.19. The highest BCUT2D eigenvalue weighted by molar-refractivity contribution is 7.91. The van der Waals surface area contributed by atoms with E-state index in [4.69, 9.17) is 4.74 Å². The molecule has 0 fully saturated rings. The number of ether oxygens (including phenoxy) is 1. The maximum atomic E-state index is 12.0. The predicted octanol–water partition coefficient (Wildman–Crippen LogP) is 1.93. The number of thiophene rings is 1. The van der Waals surface area contributed by atoms with E-state index in [1.54, 1.807) is 17.5 Å². The summed E-state index contributed by atoms with van der Waals surface area (Å²) in [6, 6.07) is 11.1. The lowest BCUT2D eigenvalue weighted by molar-refractivity contribution is 0.308. The molecule has 1 aliphatic heterocycles. The van der Waals surface area contributed by atoms with Crippen molar-refractivity contribution in [3.63, 3.8) is 0 Å². The van der Waals surface area contributed by atoms with Crippen molar-refractivity contribution < 1.29 is 13.2 Å². The summed E-state index contributed by atoms with van der Waals surface area (Å²) in [5, 5.41) is 1.76. The molecule has 0 amide bonds. The largest absolute Gasteiger partial charge is 0.490 e. The third kappa shape index (κ3) is 3.20. The van der Waals surface area contributed by atoms with Gasteiger partial charge in [-0.15, -0.1) is 11.3 Å². The average Bonchev–Trinajstić information content (AvgIpc) is 3.02. The van der Waals surface area contributed by atoms with Crippen LogP contribution in [0, 0.1) is 0 Å². The number of rotatable bonds is 5. The Morgan fingerprint density at radius 2 is 2.10 bits per heavy atom. The smallest absolute Gasteiger partial charge is 0.250 e. The average molecular weight is 324 g/mol. The third-order valence-electron chi connectivity index (χ3n) is 3.26. The number of hydrogen-bond donors (Lipinski definition) is 1. The molecule has 1 aromatic heterocycles. The molecule has 0 saturated carbocycles. The molecule has 0 spiro atoms. The van der Waals surface area contributed by atoms with Gasteiger partial charge in [-0.2, -0.15) is 0 Å². The fraction of sp³-hybridized carbons (Fsp3) is 0.286. The van der Waals surface area contributed by atoms with Gasteiger partial charge in [-0.05, 0) is 23.6 Å². The minimum Gasteiger partial charge on any atom is -0.490 e. The van der Waals surface area contributed by atoms with Gasteiger partial charge in [0.2, 0.25) is 10.0 Å². The minimum atomic E-state index is -3.38. The Bertz CT molecular complexity index is 699. The minimum absolute atomic E-state index is 0.352. The maximum Gasteiger partial charge on any atom is 0.250 e. The van der Waals surface area contributed by atoms with Gasteiger partial charge in [0.15, 0.2) is 0 Å². The second-order valence-corrected chi connectivity index (χ2v) is 7.57. The van der Waals surface area contributed by atoms with Crippen LogP contribution in [-0.4, -0.2) is 34.7 Å². The van der Waals surface area contributed by atoms with Gasteiger partial charge < -0.3 is 9.64 Å². The lowest BCUT2D eigenvalue weighted by Crippen LogP contribution is -2.39. The topological polar surface area (TPSA) is 58.6 Å². The van der Waals surface area contributed by atoms with Gasteiger partial charge in [-0.1, -0.05) is 18.2 Å². The van der Waals surface area contributed by atoms with Gasteiger partial charge in [0, 0.05) is 13.1 Å². The van der Waals surface area contributed by atoms with Crippen molar-refractivity contribution in [2.45, 2.75) is 4.21 Å². The zero-order valence-corrected chi connectivity index (χ0v) is 13.0. The molecule has 5 nitrogen and oxygen atoms in total. The summed E-state index contributed by atoms with van der Waals surface area (Å²) in [5.41, 5.74) is 1.01. The number of sulfonamides is 1. The molecule has 2 aromatic rings. The summed E-state index contributed by atoms with van der Waals surface area (Å²) >= 11 is 1.22. The summed E-state index contributed by atoms with van der Waals surface area (Å²) in [6.07, 6.45) is 0. The number of hydrogen-bond acceptors (Lipinski definition) is 5. The molecule has 1 aromatic carbocycles. The van der Waals surface area contributed by atoms with Gasteiger partial charge in [0.25, 0.3) is 0 Å². The zero-order valence-electron chi connectivity index (χ0n) is 11.4. The molecular formula is C14H16N2O3S2. The van der Waals surface area contributed by atoms with Gasteiger partial charge >= 0.3 is 0 Å². The molecule has 1 aliphatic rings. The zero-order chi connectivity index (χ0) is 14.7. The SMILES string of the molecule is O=S(=O)(NCCN1CCOc2ccccc21)c1cccs1. The molecular weight excluding hydrogens is 308 g/mol. The van der Waals surface area contributed by atoms with Crippen molar-refractivity contribution in [1.29, 1.82) is 0 Å². The van der Waals surface area contributed by atoms with Crippen LogP contribution in [0.3, 0.4) is 0 Å². The third-order valence-corrected chi connectivity index (χ3v) is 6.12. The molecule has 0 aliphatic carbocycles. The molecule has 0 saturated heterocycles. The van der Waals surface area contributed by atoms with E-state index in [1.807, 2.05) is 24.3 Å². The Morgan fingerprint density at radius 1 is 1.24 bits per heavy atom. The fourth-order valence-electron chi connectivity index (χ4n) is 2.26. The van der Waals surface area contributed by atoms with Crippen LogP contribution in [0.15, 0.2) is 46.0 Å². The van der Waals surface area contributed by atoms with Crippen molar-refractivity contribution >= 4 is 27.0 Å². The first kappa shape index (κ1) is 14.4. The number of nitrogens with one attached hydrogen (secondary N) is 1. The lowest BCUT2D eigenvalue weighted by Gasteiger charge is -2.31. The van der Waals surface area contributed by atoms with E-state index < -0.39 is 10.0 Å². The van der Waals surface area contributed by atoms with E-state index in [1.165, 1.54) is 11.3 Å². The summed E-state index contributed by atoms with van der Waals surface area (Å²) < 4.78 is 32.6. The van der Waals surface area contributed by atoms with Crippen molar-refractivity contribution in [3.8, 4) is 5.75 Å². The Labute approximate surface area is 128 Å². The van der Waals surface area contributed by atoms with Crippen molar-refractivity contribution in [2.24, 2.45) is 0 Å². The predicted molar refractivity (Wildman–Crippen MR) is 83.7 cm³/mol.